The molecule has 3 rings (SSSR count). The molecule has 0 radical (unpaired) electrons. The molecule has 1 aliphatic rings. The van der Waals surface area contributed by atoms with Crippen molar-refractivity contribution in [3.63, 3.8) is 0 Å². The lowest BCUT2D eigenvalue weighted by atomic mass is 10.1. The molecule has 0 spiro atoms. The molecular formula is C19H21BrN4O4. The first-order valence-corrected chi connectivity index (χ1v) is 9.74. The van der Waals surface area contributed by atoms with Crippen LogP contribution in [0.2, 0.25) is 0 Å². The third-order valence-electron chi connectivity index (χ3n) is 4.41. The van der Waals surface area contributed by atoms with Crippen LogP contribution < -0.4 is 10.9 Å². The maximum atomic E-state index is 12.4. The molecule has 0 unspecified atom stereocenters. The molecule has 148 valence electrons. The normalized spacial score (nSPS) is 13.0. The lowest BCUT2D eigenvalue weighted by Crippen LogP contribution is -2.39. The number of carbonyl (C=O) groups is 2. The number of aryl methyl sites for hydroxylation is 1. The fourth-order valence-corrected chi connectivity index (χ4v) is 3.23. The van der Waals surface area contributed by atoms with Crippen LogP contribution in [0.25, 0.3) is 0 Å². The Hall–Kier alpha value is -2.68. The van der Waals surface area contributed by atoms with Gasteiger partial charge in [-0.25, -0.2) is 9.48 Å². The number of fused-ring (bicyclic) bond motifs is 1. The number of nitrogens with zero attached hydrogens (tertiary/aromatic N) is 3. The minimum atomic E-state index is -0.401. The predicted octanol–water partition coefficient (Wildman–Crippen LogP) is 2.47. The molecule has 0 saturated carbocycles. The van der Waals surface area contributed by atoms with Crippen LogP contribution >= 0.6 is 15.9 Å². The van der Waals surface area contributed by atoms with E-state index in [4.69, 9.17) is 4.74 Å². The summed E-state index contributed by atoms with van der Waals surface area (Å²) in [7, 11) is 0. The zero-order valence-corrected chi connectivity index (χ0v) is 17.3. The van der Waals surface area contributed by atoms with Crippen LogP contribution in [0.15, 0.2) is 33.5 Å². The molecular weight excluding hydrogens is 428 g/mol. The summed E-state index contributed by atoms with van der Waals surface area (Å²) in [6, 6.07) is 6.91. The van der Waals surface area contributed by atoms with E-state index in [-0.39, 0.29) is 24.6 Å². The highest BCUT2D eigenvalue weighted by atomic mass is 79.9. The number of benzene rings is 1. The maximum Gasteiger partial charge on any atom is 0.410 e. The quantitative estimate of drug-likeness (QED) is 0.774. The number of halogens is 1. The smallest absolute Gasteiger partial charge is 0.410 e. The van der Waals surface area contributed by atoms with Crippen molar-refractivity contribution in [2.45, 2.75) is 33.4 Å². The highest BCUT2D eigenvalue weighted by Gasteiger charge is 2.24. The molecule has 1 aliphatic heterocycles. The molecule has 0 saturated heterocycles. The summed E-state index contributed by atoms with van der Waals surface area (Å²) in [5, 5.41) is 7.10. The van der Waals surface area contributed by atoms with E-state index in [0.717, 1.165) is 14.7 Å². The standard InChI is InChI=1S/C19H21BrN4O4/c1-3-28-19(27)23-7-6-16-13(10-23)9-18(26)24(22-16)11-17(25)21-14-4-5-15(20)12(2)8-14/h4-5,8-9H,3,6-7,10-11H2,1-2H3,(H,21,25). The average molecular weight is 449 g/mol. The molecule has 0 bridgehead atoms. The number of nitrogens with one attached hydrogen (secondary N) is 1. The van der Waals surface area contributed by atoms with Gasteiger partial charge in [0.2, 0.25) is 5.91 Å². The second kappa shape index (κ2) is 8.55. The van der Waals surface area contributed by atoms with Crippen LogP contribution in [0.1, 0.15) is 23.7 Å². The number of anilines is 1. The van der Waals surface area contributed by atoms with Crippen LogP contribution in [-0.4, -0.2) is 39.8 Å². The van der Waals surface area contributed by atoms with Gasteiger partial charge in [-0.05, 0) is 37.6 Å². The van der Waals surface area contributed by atoms with Gasteiger partial charge >= 0.3 is 6.09 Å². The molecule has 1 aromatic carbocycles. The van der Waals surface area contributed by atoms with Crippen molar-refractivity contribution in [2.24, 2.45) is 0 Å². The average Bonchev–Trinajstić information content (AvgIpc) is 2.65. The third kappa shape index (κ3) is 4.59. The minimum absolute atomic E-state index is 0.178. The molecule has 0 atom stereocenters. The molecule has 0 fully saturated rings. The van der Waals surface area contributed by atoms with E-state index >= 15 is 0 Å². The number of hydrogen-bond donors (Lipinski definition) is 1. The Labute approximate surface area is 170 Å². The van der Waals surface area contributed by atoms with Gasteiger partial charge in [0, 0.05) is 34.8 Å². The first-order chi connectivity index (χ1) is 13.4. The topological polar surface area (TPSA) is 93.5 Å². The Bertz CT molecular complexity index is 973. The lowest BCUT2D eigenvalue weighted by molar-refractivity contribution is -0.117. The van der Waals surface area contributed by atoms with Crippen LogP contribution in [0.4, 0.5) is 10.5 Å². The van der Waals surface area contributed by atoms with Gasteiger partial charge in [0.25, 0.3) is 5.56 Å². The van der Waals surface area contributed by atoms with Crippen molar-refractivity contribution in [3.05, 3.63) is 55.9 Å². The summed E-state index contributed by atoms with van der Waals surface area (Å²) in [6.45, 7) is 4.53. The number of aromatic nitrogens is 2. The third-order valence-corrected chi connectivity index (χ3v) is 5.29. The van der Waals surface area contributed by atoms with Gasteiger partial charge in [-0.1, -0.05) is 15.9 Å². The van der Waals surface area contributed by atoms with Gasteiger partial charge in [0.05, 0.1) is 18.8 Å². The van der Waals surface area contributed by atoms with E-state index < -0.39 is 6.09 Å². The number of rotatable bonds is 4. The summed E-state index contributed by atoms with van der Waals surface area (Å²) in [5.41, 5.74) is 2.67. The highest BCUT2D eigenvalue weighted by molar-refractivity contribution is 9.10. The number of amides is 2. The van der Waals surface area contributed by atoms with Crippen LogP contribution in [0, 0.1) is 6.92 Å². The minimum Gasteiger partial charge on any atom is -0.450 e. The Balaban J connectivity index is 1.70. The maximum absolute atomic E-state index is 12.4. The van der Waals surface area contributed by atoms with Gasteiger partial charge in [-0.15, -0.1) is 0 Å². The van der Waals surface area contributed by atoms with Crippen molar-refractivity contribution in [3.8, 4) is 0 Å². The largest absolute Gasteiger partial charge is 0.450 e. The van der Waals surface area contributed by atoms with Gasteiger partial charge in [-0.3, -0.25) is 9.59 Å². The highest BCUT2D eigenvalue weighted by Crippen LogP contribution is 2.20. The van der Waals surface area contributed by atoms with Crippen LogP contribution in [0.5, 0.6) is 0 Å². The lowest BCUT2D eigenvalue weighted by Gasteiger charge is -2.27. The van der Waals surface area contributed by atoms with E-state index in [2.05, 4.69) is 26.3 Å². The van der Waals surface area contributed by atoms with Crippen molar-refractivity contribution in [1.82, 2.24) is 14.7 Å². The summed E-state index contributed by atoms with van der Waals surface area (Å²) in [6.07, 6.45) is 0.101. The van der Waals surface area contributed by atoms with Crippen LogP contribution in [0.3, 0.4) is 0 Å². The number of ether oxygens (including phenoxy) is 1. The first-order valence-electron chi connectivity index (χ1n) is 8.95. The molecule has 1 N–H and O–H groups in total. The zero-order chi connectivity index (χ0) is 20.3. The fraction of sp³-hybridized carbons (Fsp3) is 0.368. The van der Waals surface area contributed by atoms with E-state index in [1.165, 1.54) is 6.07 Å². The van der Waals surface area contributed by atoms with Gasteiger partial charge in [0.1, 0.15) is 6.54 Å². The fourth-order valence-electron chi connectivity index (χ4n) is 2.98. The van der Waals surface area contributed by atoms with E-state index in [0.29, 0.717) is 36.5 Å². The Morgan fingerprint density at radius 2 is 2.11 bits per heavy atom. The van der Waals surface area contributed by atoms with E-state index in [9.17, 15) is 14.4 Å². The van der Waals surface area contributed by atoms with Crippen molar-refractivity contribution >= 4 is 33.6 Å². The van der Waals surface area contributed by atoms with E-state index in [1.807, 2.05) is 19.1 Å². The number of hydrogen-bond acceptors (Lipinski definition) is 5. The molecule has 2 heterocycles. The first kappa shape index (κ1) is 20.1. The van der Waals surface area contributed by atoms with Gasteiger partial charge in [0.15, 0.2) is 0 Å². The van der Waals surface area contributed by atoms with Crippen LogP contribution in [-0.2, 0) is 29.0 Å². The Morgan fingerprint density at radius 1 is 1.32 bits per heavy atom. The zero-order valence-electron chi connectivity index (χ0n) is 15.7. The second-order valence-corrected chi connectivity index (χ2v) is 7.35. The molecule has 28 heavy (non-hydrogen) atoms. The summed E-state index contributed by atoms with van der Waals surface area (Å²) in [4.78, 5) is 38.1. The summed E-state index contributed by atoms with van der Waals surface area (Å²) < 4.78 is 7.11. The molecule has 8 nitrogen and oxygen atoms in total. The predicted molar refractivity (Wildman–Crippen MR) is 107 cm³/mol. The SMILES string of the molecule is CCOC(=O)N1CCc2nn(CC(=O)Nc3ccc(Br)c(C)c3)c(=O)cc2C1. The van der Waals surface area contributed by atoms with Gasteiger partial charge < -0.3 is 15.0 Å². The van der Waals surface area contributed by atoms with Gasteiger partial charge in [-0.2, -0.15) is 5.10 Å². The Morgan fingerprint density at radius 3 is 2.82 bits per heavy atom. The van der Waals surface area contributed by atoms with Crippen molar-refractivity contribution in [1.29, 1.82) is 0 Å². The molecule has 1 aromatic heterocycles. The molecule has 2 amide bonds. The molecule has 0 aliphatic carbocycles. The summed E-state index contributed by atoms with van der Waals surface area (Å²) >= 11 is 3.42. The monoisotopic (exact) mass is 448 g/mol. The van der Waals surface area contributed by atoms with E-state index in [1.54, 1.807) is 17.9 Å². The van der Waals surface area contributed by atoms with Crippen molar-refractivity contribution in [2.75, 3.05) is 18.5 Å². The second-order valence-electron chi connectivity index (χ2n) is 6.49. The molecule has 2 aromatic rings. The Kier molecular flexibility index (Phi) is 6.13. The summed E-state index contributed by atoms with van der Waals surface area (Å²) in [5.74, 6) is -0.333. The molecule has 9 heteroatoms. The number of carbonyl (C=O) groups excluding carboxylic acids is 2. The van der Waals surface area contributed by atoms with Crippen molar-refractivity contribution < 1.29 is 14.3 Å².